The summed E-state index contributed by atoms with van der Waals surface area (Å²) in [4.78, 5) is 13.8. The van der Waals surface area contributed by atoms with Crippen LogP contribution in [0.15, 0.2) is 34.8 Å². The predicted molar refractivity (Wildman–Crippen MR) is 138 cm³/mol. The van der Waals surface area contributed by atoms with E-state index in [1.54, 1.807) is 17.4 Å². The van der Waals surface area contributed by atoms with Crippen molar-refractivity contribution < 1.29 is 4.79 Å². The minimum absolute atomic E-state index is 0.183. The van der Waals surface area contributed by atoms with Crippen molar-refractivity contribution in [1.29, 1.82) is 0 Å². The smallest absolute Gasteiger partial charge is 0.234 e. The van der Waals surface area contributed by atoms with E-state index in [4.69, 9.17) is 34.8 Å². The first kappa shape index (κ1) is 23.5. The third-order valence-electron chi connectivity index (χ3n) is 6.84. The number of halogens is 3. The van der Waals surface area contributed by atoms with Gasteiger partial charge in [-0.25, -0.2) is 0 Å². The summed E-state index contributed by atoms with van der Waals surface area (Å²) in [5.41, 5.74) is 0.438. The molecule has 2 aromatic heterocycles. The highest BCUT2D eigenvalue weighted by molar-refractivity contribution is 7.99. The second-order valence-corrected chi connectivity index (χ2v) is 11.9. The quantitative estimate of drug-likeness (QED) is 0.246. The summed E-state index contributed by atoms with van der Waals surface area (Å²) in [6, 6.07) is 7.47. The van der Waals surface area contributed by atoms with E-state index in [-0.39, 0.29) is 17.7 Å². The lowest BCUT2D eigenvalue weighted by Gasteiger charge is -2.30. The Kier molecular flexibility index (Phi) is 6.96. The van der Waals surface area contributed by atoms with Gasteiger partial charge in [-0.2, -0.15) is 0 Å². The maximum atomic E-state index is 12.7. The molecular weight excluding hydrogens is 519 g/mol. The van der Waals surface area contributed by atoms with Crippen LogP contribution >= 0.6 is 57.9 Å². The van der Waals surface area contributed by atoms with Gasteiger partial charge in [0.05, 0.1) is 31.4 Å². The van der Waals surface area contributed by atoms with Crippen LogP contribution in [-0.4, -0.2) is 26.4 Å². The molecule has 5 rings (SSSR count). The second kappa shape index (κ2) is 9.78. The van der Waals surface area contributed by atoms with Gasteiger partial charge in [0.25, 0.3) is 0 Å². The van der Waals surface area contributed by atoms with Crippen LogP contribution in [0.5, 0.6) is 0 Å². The van der Waals surface area contributed by atoms with Gasteiger partial charge < -0.3 is 5.32 Å². The number of thiophene rings is 1. The lowest BCUT2D eigenvalue weighted by Crippen LogP contribution is -2.23. The first-order valence-corrected chi connectivity index (χ1v) is 14.0. The van der Waals surface area contributed by atoms with Gasteiger partial charge in [-0.1, -0.05) is 59.1 Å². The number of amides is 1. The summed E-state index contributed by atoms with van der Waals surface area (Å²) >= 11 is 21.3. The Morgan fingerprint density at radius 2 is 2.03 bits per heavy atom. The van der Waals surface area contributed by atoms with Crippen LogP contribution in [0.1, 0.15) is 38.6 Å². The molecular formula is C23H23Cl3N4OS2. The third kappa shape index (κ3) is 4.80. The van der Waals surface area contributed by atoms with E-state index in [1.807, 2.05) is 6.07 Å². The molecule has 5 nitrogen and oxygen atoms in total. The molecule has 2 aliphatic rings. The summed E-state index contributed by atoms with van der Waals surface area (Å²) in [5.74, 6) is 3.14. The number of benzene rings is 1. The van der Waals surface area contributed by atoms with Crippen molar-refractivity contribution in [1.82, 2.24) is 14.8 Å². The Morgan fingerprint density at radius 1 is 1.21 bits per heavy atom. The number of rotatable bonds is 7. The summed E-state index contributed by atoms with van der Waals surface area (Å²) in [6.45, 7) is 2.28. The summed E-state index contributed by atoms with van der Waals surface area (Å²) in [5, 5.41) is 15.7. The highest BCUT2D eigenvalue weighted by Gasteiger charge is 2.43. The fourth-order valence-electron chi connectivity index (χ4n) is 5.33. The van der Waals surface area contributed by atoms with Crippen LogP contribution in [0.25, 0.3) is 10.7 Å². The topological polar surface area (TPSA) is 59.8 Å². The minimum atomic E-state index is -0.194. The molecule has 0 unspecified atom stereocenters. The molecule has 2 saturated carbocycles. The van der Waals surface area contributed by atoms with Gasteiger partial charge in [0.2, 0.25) is 5.91 Å². The number of carbonyl (C=O) groups excluding carboxylic acids is 1. The Balaban J connectivity index is 1.35. The van der Waals surface area contributed by atoms with E-state index in [0.717, 1.165) is 27.7 Å². The molecule has 2 aliphatic carbocycles. The molecule has 1 amide bonds. The molecule has 0 aliphatic heterocycles. The summed E-state index contributed by atoms with van der Waals surface area (Å²) < 4.78 is 2.25. The number of nitrogens with zero attached hydrogens (tertiary/aromatic N) is 3. The average Bonchev–Trinajstić information content (AvgIpc) is 3.59. The van der Waals surface area contributed by atoms with Crippen LogP contribution in [0, 0.1) is 17.8 Å². The standard InChI is InChI=1S/C23H23Cl3N4OS2/c1-12(15-8-13-4-5-14(15)7-13)30-22(20-3-2-6-32-20)28-29-23(30)33-11-21(31)27-19-10-17(25)16(24)9-18(19)26/h2-3,6,9-10,12-15H,4-5,7-8,11H2,1H3,(H,27,31)/t12-,13-,14-,15+/m1/s1. The number of hydrogen-bond acceptors (Lipinski definition) is 5. The largest absolute Gasteiger partial charge is 0.324 e. The molecule has 1 aromatic carbocycles. The molecule has 2 fully saturated rings. The van der Waals surface area contributed by atoms with Crippen LogP contribution in [0.3, 0.4) is 0 Å². The molecule has 0 radical (unpaired) electrons. The van der Waals surface area contributed by atoms with Crippen LogP contribution in [0.4, 0.5) is 5.69 Å². The van der Waals surface area contributed by atoms with Crippen molar-refractivity contribution in [3.63, 3.8) is 0 Å². The molecule has 174 valence electrons. The van der Waals surface area contributed by atoms with Gasteiger partial charge in [0.1, 0.15) is 0 Å². The highest BCUT2D eigenvalue weighted by Crippen LogP contribution is 2.53. The van der Waals surface area contributed by atoms with Crippen LogP contribution < -0.4 is 5.32 Å². The number of nitrogens with one attached hydrogen (secondary N) is 1. The molecule has 1 N–H and O–H groups in total. The van der Waals surface area contributed by atoms with Gasteiger partial charge in [-0.15, -0.1) is 21.5 Å². The third-order valence-corrected chi connectivity index (χ3v) is 9.69. The molecule has 4 atom stereocenters. The normalized spacial score (nSPS) is 22.6. The van der Waals surface area contributed by atoms with Crippen molar-refractivity contribution in [2.75, 3.05) is 11.1 Å². The lowest BCUT2D eigenvalue weighted by atomic mass is 9.84. The maximum absolute atomic E-state index is 12.7. The average molecular weight is 542 g/mol. The molecule has 2 heterocycles. The molecule has 10 heteroatoms. The second-order valence-electron chi connectivity index (χ2n) is 8.82. The van der Waals surface area contributed by atoms with Gasteiger partial charge >= 0.3 is 0 Å². The van der Waals surface area contributed by atoms with E-state index in [1.165, 1.54) is 43.5 Å². The van der Waals surface area contributed by atoms with Crippen molar-refractivity contribution in [3.8, 4) is 10.7 Å². The van der Waals surface area contributed by atoms with Crippen molar-refractivity contribution >= 4 is 69.5 Å². The Labute approximate surface area is 216 Å². The van der Waals surface area contributed by atoms with Gasteiger partial charge in [-0.05, 0) is 67.5 Å². The lowest BCUT2D eigenvalue weighted by molar-refractivity contribution is -0.113. The monoisotopic (exact) mass is 540 g/mol. The van der Waals surface area contributed by atoms with Crippen LogP contribution in [0.2, 0.25) is 15.1 Å². The van der Waals surface area contributed by atoms with Crippen LogP contribution in [-0.2, 0) is 4.79 Å². The number of anilines is 1. The van der Waals surface area contributed by atoms with Gasteiger partial charge in [-0.3, -0.25) is 9.36 Å². The first-order valence-electron chi connectivity index (χ1n) is 11.0. The minimum Gasteiger partial charge on any atom is -0.324 e. The number of fused-ring (bicyclic) bond motifs is 2. The number of carbonyl (C=O) groups is 1. The molecule has 0 saturated heterocycles. The van der Waals surface area contributed by atoms with Crippen molar-refractivity contribution in [2.24, 2.45) is 17.8 Å². The summed E-state index contributed by atoms with van der Waals surface area (Å²) in [6.07, 6.45) is 5.31. The fourth-order valence-corrected chi connectivity index (χ4v) is 7.45. The zero-order valence-corrected chi connectivity index (χ0v) is 21.8. The molecule has 3 aromatic rings. The van der Waals surface area contributed by atoms with E-state index in [2.05, 4.69) is 38.5 Å². The van der Waals surface area contributed by atoms with Crippen molar-refractivity contribution in [2.45, 2.75) is 43.8 Å². The molecule has 33 heavy (non-hydrogen) atoms. The Morgan fingerprint density at radius 3 is 2.73 bits per heavy atom. The van der Waals surface area contributed by atoms with Gasteiger partial charge in [0, 0.05) is 6.04 Å². The maximum Gasteiger partial charge on any atom is 0.234 e. The Bertz CT molecular complexity index is 1170. The zero-order valence-electron chi connectivity index (χ0n) is 17.9. The van der Waals surface area contributed by atoms with Gasteiger partial charge in [0.15, 0.2) is 11.0 Å². The first-order chi connectivity index (χ1) is 15.9. The van der Waals surface area contributed by atoms with E-state index in [9.17, 15) is 4.79 Å². The zero-order chi connectivity index (χ0) is 23.1. The molecule has 2 bridgehead atoms. The van der Waals surface area contributed by atoms with Crippen molar-refractivity contribution in [3.05, 3.63) is 44.7 Å². The highest BCUT2D eigenvalue weighted by atomic mass is 35.5. The summed E-state index contributed by atoms with van der Waals surface area (Å²) in [7, 11) is 0. The van der Waals surface area contributed by atoms with E-state index >= 15 is 0 Å². The SMILES string of the molecule is C[C@H]([C@@H]1C[C@@H]2CC[C@@H]1C2)n1c(SCC(=O)Nc2cc(Cl)c(Cl)cc2Cl)nnc1-c1cccs1. The van der Waals surface area contributed by atoms with E-state index < -0.39 is 0 Å². The number of hydrogen-bond donors (Lipinski definition) is 1. The number of thioether (sulfide) groups is 1. The fraction of sp³-hybridized carbons (Fsp3) is 0.435. The predicted octanol–water partition coefficient (Wildman–Crippen LogP) is 7.69. The number of aromatic nitrogens is 3. The Hall–Kier alpha value is -1.25. The van der Waals surface area contributed by atoms with E-state index in [0.29, 0.717) is 26.7 Å². The molecule has 0 spiro atoms.